The Bertz CT molecular complexity index is 598. The van der Waals surface area contributed by atoms with Crippen molar-refractivity contribution in [2.75, 3.05) is 44.3 Å². The fourth-order valence-corrected chi connectivity index (χ4v) is 3.22. The van der Waals surface area contributed by atoms with Crippen LogP contribution in [-0.2, 0) is 10.9 Å². The number of ether oxygens (including phenoxy) is 1. The second-order valence-electron chi connectivity index (χ2n) is 5.88. The Labute approximate surface area is 133 Å². The summed E-state index contributed by atoms with van der Waals surface area (Å²) in [6.07, 6.45) is -3.39. The smallest absolute Gasteiger partial charge is 0.380 e. The van der Waals surface area contributed by atoms with Gasteiger partial charge in [0, 0.05) is 38.8 Å². The van der Waals surface area contributed by atoms with Crippen LogP contribution in [0.1, 0.15) is 17.5 Å². The molecule has 1 atom stereocenters. The number of hydrogen-bond acceptors (Lipinski definition) is 4. The van der Waals surface area contributed by atoms with Gasteiger partial charge in [-0.05, 0) is 24.6 Å². The molecule has 124 valence electrons. The van der Waals surface area contributed by atoms with Crippen LogP contribution in [0.25, 0.3) is 0 Å². The van der Waals surface area contributed by atoms with Gasteiger partial charge in [-0.2, -0.15) is 18.4 Å². The SMILES string of the molecule is N#Cc1cc(C(F)(F)F)ccc1N1CCN([C@@H]2CCOC2)CC1. The Morgan fingerprint density at radius 3 is 2.48 bits per heavy atom. The lowest BCUT2D eigenvalue weighted by molar-refractivity contribution is -0.137. The number of benzene rings is 1. The van der Waals surface area contributed by atoms with Crippen molar-refractivity contribution in [3.8, 4) is 6.07 Å². The van der Waals surface area contributed by atoms with Crippen LogP contribution in [-0.4, -0.2) is 50.3 Å². The molecule has 0 bridgehead atoms. The molecule has 0 aromatic heterocycles. The Morgan fingerprint density at radius 2 is 1.91 bits per heavy atom. The summed E-state index contributed by atoms with van der Waals surface area (Å²) in [6, 6.07) is 5.74. The van der Waals surface area contributed by atoms with Crippen molar-refractivity contribution in [1.29, 1.82) is 5.26 Å². The van der Waals surface area contributed by atoms with E-state index in [1.54, 1.807) is 0 Å². The molecule has 0 amide bonds. The van der Waals surface area contributed by atoms with Gasteiger partial charge in [0.15, 0.2) is 0 Å². The second kappa shape index (κ2) is 6.38. The third-order valence-corrected chi connectivity index (χ3v) is 4.52. The van der Waals surface area contributed by atoms with Crippen molar-refractivity contribution < 1.29 is 17.9 Å². The number of alkyl halides is 3. The predicted molar refractivity (Wildman–Crippen MR) is 79.2 cm³/mol. The van der Waals surface area contributed by atoms with E-state index in [1.165, 1.54) is 6.07 Å². The molecule has 2 fully saturated rings. The van der Waals surface area contributed by atoms with Crippen LogP contribution in [0, 0.1) is 11.3 Å². The first-order valence-corrected chi connectivity index (χ1v) is 7.67. The van der Waals surface area contributed by atoms with E-state index in [-0.39, 0.29) is 5.56 Å². The summed E-state index contributed by atoms with van der Waals surface area (Å²) >= 11 is 0. The maximum absolute atomic E-state index is 12.8. The number of halogens is 3. The van der Waals surface area contributed by atoms with Crippen LogP contribution in [0.5, 0.6) is 0 Å². The van der Waals surface area contributed by atoms with E-state index in [4.69, 9.17) is 4.74 Å². The predicted octanol–water partition coefficient (Wildman–Crippen LogP) is 2.49. The maximum atomic E-state index is 12.8. The molecule has 0 aliphatic carbocycles. The van der Waals surface area contributed by atoms with Crippen molar-refractivity contribution >= 4 is 5.69 Å². The monoisotopic (exact) mass is 325 g/mol. The molecular formula is C16H18F3N3O. The highest BCUT2D eigenvalue weighted by molar-refractivity contribution is 5.61. The van der Waals surface area contributed by atoms with Crippen LogP contribution < -0.4 is 4.90 Å². The molecule has 0 saturated carbocycles. The molecule has 23 heavy (non-hydrogen) atoms. The van der Waals surface area contributed by atoms with Gasteiger partial charge in [-0.1, -0.05) is 0 Å². The van der Waals surface area contributed by atoms with Gasteiger partial charge in [0.05, 0.1) is 23.4 Å². The van der Waals surface area contributed by atoms with E-state index >= 15 is 0 Å². The first-order chi connectivity index (χ1) is 11.0. The number of nitrogens with zero attached hydrogens (tertiary/aromatic N) is 3. The summed E-state index contributed by atoms with van der Waals surface area (Å²) in [6.45, 7) is 4.62. The molecule has 2 aliphatic rings. The number of nitriles is 1. The summed E-state index contributed by atoms with van der Waals surface area (Å²) in [4.78, 5) is 4.35. The first kappa shape index (κ1) is 16.1. The summed E-state index contributed by atoms with van der Waals surface area (Å²) < 4.78 is 43.7. The highest BCUT2D eigenvalue weighted by atomic mass is 19.4. The molecule has 7 heteroatoms. The summed E-state index contributed by atoms with van der Waals surface area (Å²) in [5.41, 5.74) is -0.111. The fourth-order valence-electron chi connectivity index (χ4n) is 3.22. The minimum absolute atomic E-state index is 0.0810. The summed E-state index contributed by atoms with van der Waals surface area (Å²) in [7, 11) is 0. The quantitative estimate of drug-likeness (QED) is 0.837. The molecule has 1 aromatic rings. The maximum Gasteiger partial charge on any atom is 0.416 e. The molecule has 0 radical (unpaired) electrons. The molecule has 0 spiro atoms. The van der Waals surface area contributed by atoms with E-state index in [9.17, 15) is 18.4 Å². The Balaban J connectivity index is 1.71. The highest BCUT2D eigenvalue weighted by Crippen LogP contribution is 2.33. The standard InChI is InChI=1S/C16H18F3N3O/c17-16(18,19)13-1-2-15(12(9-13)10-20)22-6-4-21(5-7-22)14-3-8-23-11-14/h1-2,9,14H,3-8,11H2/t14-/m1/s1. The number of anilines is 1. The Morgan fingerprint density at radius 1 is 1.17 bits per heavy atom. The van der Waals surface area contributed by atoms with E-state index in [1.807, 2.05) is 11.0 Å². The van der Waals surface area contributed by atoms with Gasteiger partial charge < -0.3 is 9.64 Å². The molecule has 2 saturated heterocycles. The lowest BCUT2D eigenvalue weighted by Crippen LogP contribution is -2.50. The molecule has 3 rings (SSSR count). The molecule has 0 N–H and O–H groups in total. The molecule has 2 heterocycles. The Kier molecular flexibility index (Phi) is 4.46. The molecular weight excluding hydrogens is 307 g/mol. The fraction of sp³-hybridized carbons (Fsp3) is 0.562. The average molecular weight is 325 g/mol. The Hall–Kier alpha value is -1.78. The van der Waals surface area contributed by atoms with Gasteiger partial charge in [0.1, 0.15) is 6.07 Å². The van der Waals surface area contributed by atoms with Crippen LogP contribution in [0.15, 0.2) is 18.2 Å². The van der Waals surface area contributed by atoms with Crippen LogP contribution in [0.3, 0.4) is 0 Å². The average Bonchev–Trinajstić information content (AvgIpc) is 3.08. The van der Waals surface area contributed by atoms with E-state index in [2.05, 4.69) is 4.90 Å². The van der Waals surface area contributed by atoms with Gasteiger partial charge in [-0.25, -0.2) is 0 Å². The zero-order chi connectivity index (χ0) is 16.4. The van der Waals surface area contributed by atoms with Gasteiger partial charge >= 0.3 is 6.18 Å². The van der Waals surface area contributed by atoms with Crippen molar-refractivity contribution in [3.63, 3.8) is 0 Å². The van der Waals surface area contributed by atoms with E-state index < -0.39 is 11.7 Å². The van der Waals surface area contributed by atoms with Crippen molar-refractivity contribution in [3.05, 3.63) is 29.3 Å². The van der Waals surface area contributed by atoms with E-state index in [0.29, 0.717) is 24.8 Å². The van der Waals surface area contributed by atoms with Crippen LogP contribution >= 0.6 is 0 Å². The minimum Gasteiger partial charge on any atom is -0.380 e. The van der Waals surface area contributed by atoms with Gasteiger partial charge in [-0.3, -0.25) is 4.90 Å². The zero-order valence-corrected chi connectivity index (χ0v) is 12.6. The molecule has 1 aromatic carbocycles. The van der Waals surface area contributed by atoms with E-state index in [0.717, 1.165) is 44.9 Å². The normalized spacial score (nSPS) is 23.0. The topological polar surface area (TPSA) is 39.5 Å². The van der Waals surface area contributed by atoms with Gasteiger partial charge in [0.2, 0.25) is 0 Å². The van der Waals surface area contributed by atoms with Crippen molar-refractivity contribution in [1.82, 2.24) is 4.90 Å². The van der Waals surface area contributed by atoms with Gasteiger partial charge in [0.25, 0.3) is 0 Å². The highest BCUT2D eigenvalue weighted by Gasteiger charge is 2.32. The number of piperazine rings is 1. The summed E-state index contributed by atoms with van der Waals surface area (Å²) in [5, 5.41) is 9.19. The van der Waals surface area contributed by atoms with Gasteiger partial charge in [-0.15, -0.1) is 0 Å². The largest absolute Gasteiger partial charge is 0.416 e. The van der Waals surface area contributed by atoms with Crippen molar-refractivity contribution in [2.45, 2.75) is 18.6 Å². The number of hydrogen-bond donors (Lipinski definition) is 0. The molecule has 0 unspecified atom stereocenters. The number of rotatable bonds is 2. The molecule has 2 aliphatic heterocycles. The van der Waals surface area contributed by atoms with Crippen LogP contribution in [0.2, 0.25) is 0 Å². The third kappa shape index (κ3) is 3.43. The third-order valence-electron chi connectivity index (χ3n) is 4.52. The molecule has 4 nitrogen and oxygen atoms in total. The van der Waals surface area contributed by atoms with Crippen LogP contribution in [0.4, 0.5) is 18.9 Å². The summed E-state index contributed by atoms with van der Waals surface area (Å²) in [5.74, 6) is 0. The van der Waals surface area contributed by atoms with Crippen molar-refractivity contribution in [2.24, 2.45) is 0 Å². The lowest BCUT2D eigenvalue weighted by Gasteiger charge is -2.39. The minimum atomic E-state index is -4.43. The lowest BCUT2D eigenvalue weighted by atomic mass is 10.1. The second-order valence-corrected chi connectivity index (χ2v) is 5.88. The first-order valence-electron chi connectivity index (χ1n) is 7.67. The zero-order valence-electron chi connectivity index (χ0n) is 12.6.